The maximum absolute atomic E-state index is 5.53. The quantitative estimate of drug-likeness (QED) is 0.565. The fraction of sp³-hybridized carbons (Fsp3) is 0.409. The van der Waals surface area contributed by atoms with E-state index in [9.17, 15) is 0 Å². The van der Waals surface area contributed by atoms with E-state index in [1.165, 1.54) is 40.4 Å². The molecule has 142 valence electrons. The van der Waals surface area contributed by atoms with Gasteiger partial charge in [-0.2, -0.15) is 5.10 Å². The molecule has 0 radical (unpaired) electrons. The molecule has 1 fully saturated rings. The van der Waals surface area contributed by atoms with Gasteiger partial charge in [0.1, 0.15) is 0 Å². The molecule has 3 aromatic rings. The molecule has 1 aliphatic rings. The highest BCUT2D eigenvalue weighted by molar-refractivity contribution is 5.84. The summed E-state index contributed by atoms with van der Waals surface area (Å²) in [6.07, 6.45) is 4.47. The number of hydrogen-bond acceptors (Lipinski definition) is 4. The normalized spacial score (nSPS) is 15.4. The van der Waals surface area contributed by atoms with Crippen LogP contribution in [0.5, 0.6) is 0 Å². The second kappa shape index (κ2) is 8.65. The molecular weight excluding hydrogens is 334 g/mol. The molecule has 0 unspecified atom stereocenters. The number of rotatable bonds is 7. The summed E-state index contributed by atoms with van der Waals surface area (Å²) in [4.78, 5) is 0. The second-order valence-electron chi connectivity index (χ2n) is 7.46. The third-order valence-corrected chi connectivity index (χ3v) is 5.47. The molecule has 0 atom stereocenters. The lowest BCUT2D eigenvalue weighted by atomic mass is 9.98. The maximum atomic E-state index is 5.53. The van der Waals surface area contributed by atoms with E-state index in [1.807, 2.05) is 6.20 Å². The van der Waals surface area contributed by atoms with E-state index in [-0.39, 0.29) is 0 Å². The van der Waals surface area contributed by atoms with Crippen molar-refractivity contribution in [2.75, 3.05) is 26.2 Å². The van der Waals surface area contributed by atoms with Gasteiger partial charge in [0.2, 0.25) is 0 Å². The van der Waals surface area contributed by atoms with Crippen molar-refractivity contribution in [1.82, 2.24) is 20.4 Å². The van der Waals surface area contributed by atoms with Gasteiger partial charge in [-0.05, 0) is 54.6 Å². The molecule has 5 heteroatoms. The highest BCUT2D eigenvalue weighted by Gasteiger charge is 2.15. The first kappa shape index (κ1) is 18.2. The molecule has 0 aliphatic carbocycles. The number of benzene rings is 2. The van der Waals surface area contributed by atoms with Gasteiger partial charge in [0.05, 0.1) is 11.7 Å². The van der Waals surface area contributed by atoms with Gasteiger partial charge in [-0.15, -0.1) is 0 Å². The van der Waals surface area contributed by atoms with Crippen LogP contribution in [0.3, 0.4) is 0 Å². The van der Waals surface area contributed by atoms with Crippen LogP contribution in [-0.4, -0.2) is 36.0 Å². The van der Waals surface area contributed by atoms with Crippen LogP contribution < -0.4 is 16.4 Å². The van der Waals surface area contributed by atoms with Crippen molar-refractivity contribution in [3.05, 3.63) is 54.2 Å². The van der Waals surface area contributed by atoms with E-state index in [0.29, 0.717) is 6.54 Å². The molecule has 2 aromatic carbocycles. The summed E-state index contributed by atoms with van der Waals surface area (Å²) < 4.78 is 2.19. The molecule has 0 saturated carbocycles. The van der Waals surface area contributed by atoms with Crippen LogP contribution in [0.15, 0.2) is 48.7 Å². The Morgan fingerprint density at radius 1 is 1.07 bits per heavy atom. The van der Waals surface area contributed by atoms with E-state index < -0.39 is 0 Å². The zero-order valence-corrected chi connectivity index (χ0v) is 15.8. The lowest BCUT2D eigenvalue weighted by molar-refractivity contribution is 0.325. The summed E-state index contributed by atoms with van der Waals surface area (Å²) >= 11 is 0. The maximum Gasteiger partial charge on any atom is 0.0688 e. The molecular formula is C22H29N5. The number of hydrogen-bond donors (Lipinski definition) is 3. The standard InChI is InChI=1S/C22H29N5/c23-9-12-25-14-17-1-3-19(4-2-17)20-5-6-21-15-26-27(22(21)13-20)16-18-7-10-24-11-8-18/h1-6,13,15,18,24-25H,7-12,14,16,23H2. The lowest BCUT2D eigenvalue weighted by Gasteiger charge is -2.22. The molecule has 0 spiro atoms. The highest BCUT2D eigenvalue weighted by Crippen LogP contribution is 2.26. The highest BCUT2D eigenvalue weighted by atomic mass is 15.3. The van der Waals surface area contributed by atoms with Crippen molar-refractivity contribution in [2.45, 2.75) is 25.9 Å². The van der Waals surface area contributed by atoms with Gasteiger partial charge >= 0.3 is 0 Å². The molecule has 1 aromatic heterocycles. The van der Waals surface area contributed by atoms with E-state index >= 15 is 0 Å². The summed E-state index contributed by atoms with van der Waals surface area (Å²) in [6, 6.07) is 15.5. The van der Waals surface area contributed by atoms with E-state index in [1.54, 1.807) is 0 Å². The van der Waals surface area contributed by atoms with Crippen LogP contribution in [0, 0.1) is 5.92 Å². The first-order valence-electron chi connectivity index (χ1n) is 10.00. The summed E-state index contributed by atoms with van der Waals surface area (Å²) in [5.74, 6) is 0.721. The number of nitrogens with zero attached hydrogens (tertiary/aromatic N) is 2. The summed E-state index contributed by atoms with van der Waals surface area (Å²) in [5, 5.41) is 12.7. The zero-order valence-electron chi connectivity index (χ0n) is 15.8. The minimum Gasteiger partial charge on any atom is -0.329 e. The van der Waals surface area contributed by atoms with Crippen molar-refractivity contribution >= 4 is 10.9 Å². The fourth-order valence-corrected chi connectivity index (χ4v) is 3.85. The summed E-state index contributed by atoms with van der Waals surface area (Å²) in [7, 11) is 0. The Bertz CT molecular complexity index is 862. The fourth-order valence-electron chi connectivity index (χ4n) is 3.85. The molecule has 1 saturated heterocycles. The zero-order chi connectivity index (χ0) is 18.5. The Morgan fingerprint density at radius 2 is 1.85 bits per heavy atom. The molecule has 0 amide bonds. The Balaban J connectivity index is 1.52. The first-order valence-corrected chi connectivity index (χ1v) is 10.00. The first-order chi connectivity index (χ1) is 13.3. The number of nitrogens with two attached hydrogens (primary N) is 1. The monoisotopic (exact) mass is 363 g/mol. The molecule has 1 aliphatic heterocycles. The largest absolute Gasteiger partial charge is 0.329 e. The lowest BCUT2D eigenvalue weighted by Crippen LogP contribution is -2.30. The third-order valence-electron chi connectivity index (χ3n) is 5.47. The molecule has 4 N–H and O–H groups in total. The van der Waals surface area contributed by atoms with Crippen molar-refractivity contribution in [1.29, 1.82) is 0 Å². The Labute approximate surface area is 160 Å². The Hall–Kier alpha value is -2.21. The SMILES string of the molecule is NCCNCc1ccc(-c2ccc3cnn(CC4CCNCC4)c3c2)cc1. The number of fused-ring (bicyclic) bond motifs is 1. The van der Waals surface area contributed by atoms with Crippen LogP contribution in [-0.2, 0) is 13.1 Å². The van der Waals surface area contributed by atoms with Gasteiger partial charge in [-0.25, -0.2) is 0 Å². The Morgan fingerprint density at radius 3 is 2.63 bits per heavy atom. The van der Waals surface area contributed by atoms with Crippen LogP contribution in [0.25, 0.3) is 22.0 Å². The van der Waals surface area contributed by atoms with Gasteiger partial charge in [0.15, 0.2) is 0 Å². The predicted octanol–water partition coefficient (Wildman–Crippen LogP) is 2.75. The van der Waals surface area contributed by atoms with E-state index in [0.717, 1.165) is 38.6 Å². The smallest absolute Gasteiger partial charge is 0.0688 e. The third kappa shape index (κ3) is 4.38. The van der Waals surface area contributed by atoms with Crippen molar-refractivity contribution in [3.8, 4) is 11.1 Å². The molecule has 0 bridgehead atoms. The minimum absolute atomic E-state index is 0.670. The van der Waals surface area contributed by atoms with Gasteiger partial charge < -0.3 is 16.4 Å². The van der Waals surface area contributed by atoms with Crippen LogP contribution in [0.2, 0.25) is 0 Å². The van der Waals surface area contributed by atoms with Gasteiger partial charge in [0.25, 0.3) is 0 Å². The predicted molar refractivity (Wildman–Crippen MR) is 112 cm³/mol. The topological polar surface area (TPSA) is 67.9 Å². The van der Waals surface area contributed by atoms with Crippen LogP contribution in [0.4, 0.5) is 0 Å². The average molecular weight is 364 g/mol. The van der Waals surface area contributed by atoms with Gasteiger partial charge in [-0.3, -0.25) is 4.68 Å². The Kier molecular flexibility index (Phi) is 5.82. The molecule has 5 nitrogen and oxygen atoms in total. The van der Waals surface area contributed by atoms with Crippen molar-refractivity contribution in [3.63, 3.8) is 0 Å². The average Bonchev–Trinajstić information content (AvgIpc) is 3.11. The number of nitrogens with one attached hydrogen (secondary N) is 2. The van der Waals surface area contributed by atoms with E-state index in [4.69, 9.17) is 5.73 Å². The van der Waals surface area contributed by atoms with Gasteiger partial charge in [-0.1, -0.05) is 36.4 Å². The summed E-state index contributed by atoms with van der Waals surface area (Å²) in [6.45, 7) is 5.64. The van der Waals surface area contributed by atoms with Gasteiger partial charge in [0, 0.05) is 31.6 Å². The van der Waals surface area contributed by atoms with Crippen molar-refractivity contribution in [2.24, 2.45) is 11.7 Å². The minimum atomic E-state index is 0.670. The number of aromatic nitrogens is 2. The van der Waals surface area contributed by atoms with Crippen LogP contribution in [0.1, 0.15) is 18.4 Å². The second-order valence-corrected chi connectivity index (χ2v) is 7.46. The van der Waals surface area contributed by atoms with Crippen LogP contribution >= 0.6 is 0 Å². The van der Waals surface area contributed by atoms with Crippen molar-refractivity contribution < 1.29 is 0 Å². The molecule has 4 rings (SSSR count). The number of piperidine rings is 1. The summed E-state index contributed by atoms with van der Waals surface area (Å²) in [5.41, 5.74) is 10.5. The molecule has 27 heavy (non-hydrogen) atoms. The molecule has 2 heterocycles. The van der Waals surface area contributed by atoms with E-state index in [2.05, 4.69) is 62.9 Å².